The normalized spacial score (nSPS) is 14.2. The maximum absolute atomic E-state index is 11.8. The first-order valence-electron chi connectivity index (χ1n) is 5.13. The van der Waals surface area contributed by atoms with Crippen LogP contribution in [0, 0.1) is 0 Å². The lowest BCUT2D eigenvalue weighted by atomic mass is 10.1. The molecule has 1 rings (SSSR count). The van der Waals surface area contributed by atoms with Gasteiger partial charge >= 0.3 is 0 Å². The number of carbonyl (C=O) groups excluding carboxylic acids is 1. The van der Waals surface area contributed by atoms with Crippen LogP contribution >= 0.6 is 15.9 Å². The Morgan fingerprint density at radius 2 is 1.94 bits per heavy atom. The molecule has 2 unspecified atom stereocenters. The molecule has 1 aromatic rings. The van der Waals surface area contributed by atoms with Crippen LogP contribution in [-0.2, 0) is 4.79 Å². The van der Waals surface area contributed by atoms with Gasteiger partial charge in [0.2, 0.25) is 5.91 Å². The van der Waals surface area contributed by atoms with Crippen molar-refractivity contribution in [3.05, 3.63) is 29.8 Å². The summed E-state index contributed by atoms with van der Waals surface area (Å²) in [6, 6.07) is 6.92. The second-order valence-corrected chi connectivity index (χ2v) is 5.17. The fourth-order valence-corrected chi connectivity index (χ4v) is 1.84. The molecule has 16 heavy (non-hydrogen) atoms. The van der Waals surface area contributed by atoms with Gasteiger partial charge in [-0.25, -0.2) is 0 Å². The van der Waals surface area contributed by atoms with Gasteiger partial charge in [0.15, 0.2) is 0 Å². The van der Waals surface area contributed by atoms with Crippen LogP contribution in [0.2, 0.25) is 0 Å². The Balaban J connectivity index is 2.90. The number of phenolic OH excluding ortho intramolecular Hbond substituents is 1. The molecule has 0 fully saturated rings. The van der Waals surface area contributed by atoms with E-state index in [1.165, 1.54) is 0 Å². The highest BCUT2D eigenvalue weighted by atomic mass is 79.9. The number of rotatable bonds is 3. The summed E-state index contributed by atoms with van der Waals surface area (Å²) < 4.78 is 0. The van der Waals surface area contributed by atoms with Crippen molar-refractivity contribution < 1.29 is 9.90 Å². The molecule has 0 saturated heterocycles. The van der Waals surface area contributed by atoms with Crippen molar-refractivity contribution in [3.8, 4) is 5.75 Å². The zero-order valence-electron chi connectivity index (χ0n) is 9.64. The van der Waals surface area contributed by atoms with Crippen LogP contribution < -0.4 is 0 Å². The molecule has 0 heterocycles. The van der Waals surface area contributed by atoms with E-state index in [4.69, 9.17) is 0 Å². The topological polar surface area (TPSA) is 40.5 Å². The summed E-state index contributed by atoms with van der Waals surface area (Å²) in [5, 5.41) is 9.70. The van der Waals surface area contributed by atoms with Crippen molar-refractivity contribution in [2.24, 2.45) is 0 Å². The fraction of sp³-hybridized carbons (Fsp3) is 0.417. The van der Waals surface area contributed by atoms with Crippen molar-refractivity contribution in [1.29, 1.82) is 0 Å². The monoisotopic (exact) mass is 285 g/mol. The summed E-state index contributed by atoms with van der Waals surface area (Å²) in [6.07, 6.45) is 0. The molecule has 0 aliphatic carbocycles. The van der Waals surface area contributed by atoms with Gasteiger partial charge in [-0.15, -0.1) is 0 Å². The molecule has 88 valence electrons. The average molecular weight is 286 g/mol. The van der Waals surface area contributed by atoms with Crippen LogP contribution in [0.25, 0.3) is 0 Å². The molecular weight excluding hydrogens is 270 g/mol. The third-order valence-electron chi connectivity index (χ3n) is 2.66. The van der Waals surface area contributed by atoms with Crippen LogP contribution in [0.5, 0.6) is 5.75 Å². The number of hydrogen-bond acceptors (Lipinski definition) is 2. The Kier molecular flexibility index (Phi) is 4.35. The number of benzene rings is 1. The molecule has 0 aliphatic rings. The Morgan fingerprint density at radius 3 is 2.44 bits per heavy atom. The number of para-hydroxylation sites is 1. The summed E-state index contributed by atoms with van der Waals surface area (Å²) in [5.41, 5.74) is 0.756. The van der Waals surface area contributed by atoms with E-state index < -0.39 is 0 Å². The molecule has 0 radical (unpaired) electrons. The van der Waals surface area contributed by atoms with E-state index >= 15 is 0 Å². The number of nitrogens with zero attached hydrogens (tertiary/aromatic N) is 1. The van der Waals surface area contributed by atoms with Gasteiger partial charge in [0.1, 0.15) is 5.75 Å². The lowest BCUT2D eigenvalue weighted by Gasteiger charge is -2.26. The number of alkyl halides is 1. The number of hydrogen-bond donors (Lipinski definition) is 1. The molecule has 0 spiro atoms. The van der Waals surface area contributed by atoms with Crippen LogP contribution in [0.3, 0.4) is 0 Å². The van der Waals surface area contributed by atoms with E-state index in [0.29, 0.717) is 0 Å². The number of amides is 1. The van der Waals surface area contributed by atoms with Crippen LogP contribution in [0.1, 0.15) is 25.5 Å². The molecule has 0 aliphatic heterocycles. The molecule has 3 nitrogen and oxygen atoms in total. The Hall–Kier alpha value is -1.03. The quantitative estimate of drug-likeness (QED) is 0.868. The Morgan fingerprint density at radius 1 is 1.38 bits per heavy atom. The minimum Gasteiger partial charge on any atom is -0.508 e. The lowest BCUT2D eigenvalue weighted by molar-refractivity contribution is -0.130. The molecule has 4 heteroatoms. The van der Waals surface area contributed by atoms with Crippen LogP contribution in [0.4, 0.5) is 0 Å². The van der Waals surface area contributed by atoms with E-state index in [1.54, 1.807) is 31.0 Å². The molecule has 1 aromatic carbocycles. The maximum atomic E-state index is 11.8. The van der Waals surface area contributed by atoms with Crippen molar-refractivity contribution in [2.45, 2.75) is 24.7 Å². The second-order valence-electron chi connectivity index (χ2n) is 3.80. The predicted molar refractivity (Wildman–Crippen MR) is 67.7 cm³/mol. The largest absolute Gasteiger partial charge is 0.508 e. The maximum Gasteiger partial charge on any atom is 0.236 e. The molecule has 0 saturated carbocycles. The minimum absolute atomic E-state index is 0.00393. The number of aromatic hydroxyl groups is 1. The summed E-state index contributed by atoms with van der Waals surface area (Å²) >= 11 is 3.25. The molecule has 2 atom stereocenters. The Bertz CT molecular complexity index is 379. The van der Waals surface area contributed by atoms with Crippen LogP contribution in [0.15, 0.2) is 24.3 Å². The smallest absolute Gasteiger partial charge is 0.236 e. The highest BCUT2D eigenvalue weighted by molar-refractivity contribution is 9.10. The zero-order valence-corrected chi connectivity index (χ0v) is 11.2. The first-order valence-corrected chi connectivity index (χ1v) is 6.05. The molecular formula is C12H16BrNO2. The van der Waals surface area contributed by atoms with E-state index in [-0.39, 0.29) is 22.5 Å². The first-order chi connectivity index (χ1) is 7.45. The van der Waals surface area contributed by atoms with E-state index in [9.17, 15) is 9.90 Å². The first kappa shape index (κ1) is 13.0. The van der Waals surface area contributed by atoms with Gasteiger partial charge in [-0.1, -0.05) is 34.1 Å². The van der Waals surface area contributed by atoms with Gasteiger partial charge in [-0.2, -0.15) is 0 Å². The average Bonchev–Trinajstić information content (AvgIpc) is 2.26. The van der Waals surface area contributed by atoms with Gasteiger partial charge < -0.3 is 10.0 Å². The summed E-state index contributed by atoms with van der Waals surface area (Å²) in [5.74, 6) is 0.215. The third kappa shape index (κ3) is 2.76. The van der Waals surface area contributed by atoms with Crippen molar-refractivity contribution >= 4 is 21.8 Å². The van der Waals surface area contributed by atoms with Gasteiger partial charge in [0, 0.05) is 12.6 Å². The molecule has 1 N–H and O–H groups in total. The predicted octanol–water partition coefficient (Wildman–Crippen LogP) is 2.70. The number of phenols is 1. The minimum atomic E-state index is -0.217. The Labute approximate surface area is 104 Å². The third-order valence-corrected chi connectivity index (χ3v) is 3.05. The zero-order chi connectivity index (χ0) is 12.3. The SMILES string of the molecule is CC(Br)C(=O)N(C)C(C)c1ccccc1O. The van der Waals surface area contributed by atoms with Gasteiger partial charge in [0.05, 0.1) is 10.9 Å². The van der Waals surface area contributed by atoms with Crippen molar-refractivity contribution in [2.75, 3.05) is 7.05 Å². The van der Waals surface area contributed by atoms with Gasteiger partial charge in [-0.05, 0) is 19.9 Å². The molecule has 1 amide bonds. The van der Waals surface area contributed by atoms with E-state index in [0.717, 1.165) is 5.56 Å². The highest BCUT2D eigenvalue weighted by Gasteiger charge is 2.22. The fourth-order valence-electron chi connectivity index (χ4n) is 1.52. The van der Waals surface area contributed by atoms with E-state index in [2.05, 4.69) is 15.9 Å². The van der Waals surface area contributed by atoms with Crippen LogP contribution in [-0.4, -0.2) is 27.8 Å². The highest BCUT2D eigenvalue weighted by Crippen LogP contribution is 2.27. The van der Waals surface area contributed by atoms with Crippen molar-refractivity contribution in [1.82, 2.24) is 4.90 Å². The summed E-state index contributed by atoms with van der Waals surface area (Å²) in [7, 11) is 1.73. The summed E-state index contributed by atoms with van der Waals surface area (Å²) in [4.78, 5) is 13.2. The summed E-state index contributed by atoms with van der Waals surface area (Å²) in [6.45, 7) is 3.68. The van der Waals surface area contributed by atoms with Gasteiger partial charge in [0.25, 0.3) is 0 Å². The number of halogens is 1. The number of carbonyl (C=O) groups is 1. The second kappa shape index (κ2) is 5.34. The lowest BCUT2D eigenvalue weighted by Crippen LogP contribution is -2.34. The molecule has 0 bridgehead atoms. The van der Waals surface area contributed by atoms with E-state index in [1.807, 2.05) is 19.1 Å². The van der Waals surface area contributed by atoms with Gasteiger partial charge in [-0.3, -0.25) is 4.79 Å². The standard InChI is InChI=1S/C12H16BrNO2/c1-8(13)12(16)14(3)9(2)10-6-4-5-7-11(10)15/h4-9,15H,1-3H3. The van der Waals surface area contributed by atoms with Crippen molar-refractivity contribution in [3.63, 3.8) is 0 Å². The molecule has 0 aromatic heterocycles.